The molecule has 0 fully saturated rings. The first-order valence-corrected chi connectivity index (χ1v) is 10.7. The zero-order valence-corrected chi connectivity index (χ0v) is 17.6. The third-order valence-corrected chi connectivity index (χ3v) is 5.64. The van der Waals surface area contributed by atoms with E-state index in [1.54, 1.807) is 0 Å². The van der Waals surface area contributed by atoms with Crippen LogP contribution in [0.4, 0.5) is 0 Å². The fraction of sp³-hybridized carbons (Fsp3) is 0. The van der Waals surface area contributed by atoms with Gasteiger partial charge in [0.05, 0.1) is 0 Å². The largest absolute Gasteiger partial charge is 0.115 e. The van der Waals surface area contributed by atoms with E-state index in [-0.39, 0.29) is 0 Å². The third kappa shape index (κ3) is 3.62. The molecular formula is C32H21. The molecule has 0 bridgehead atoms. The van der Waals surface area contributed by atoms with E-state index in [1.165, 1.54) is 0 Å². The lowest BCUT2D eigenvalue weighted by molar-refractivity contribution is 1.51. The van der Waals surface area contributed by atoms with Gasteiger partial charge in [-0.2, -0.15) is 0 Å². The van der Waals surface area contributed by atoms with Gasteiger partial charge >= 0.3 is 0 Å². The molecule has 0 atom stereocenters. The number of hydrogen-bond acceptors (Lipinski definition) is 0. The second-order valence-electron chi connectivity index (χ2n) is 7.61. The van der Waals surface area contributed by atoms with Crippen molar-refractivity contribution in [1.29, 1.82) is 0 Å². The molecule has 5 aromatic rings. The molecule has 0 heteroatoms. The normalized spacial score (nSPS) is 10.5. The molecule has 5 aromatic carbocycles. The van der Waals surface area contributed by atoms with Crippen molar-refractivity contribution in [3.05, 3.63) is 133 Å². The summed E-state index contributed by atoms with van der Waals surface area (Å²) in [6, 6.07) is 45.4. The second-order valence-corrected chi connectivity index (χ2v) is 7.61. The van der Waals surface area contributed by atoms with Gasteiger partial charge in [-0.15, -0.1) is 6.42 Å². The monoisotopic (exact) mass is 405 g/mol. The molecule has 0 aromatic heterocycles. The molecule has 0 aliphatic heterocycles. The zero-order chi connectivity index (χ0) is 21.8. The van der Waals surface area contributed by atoms with Gasteiger partial charge in [-0.25, -0.2) is 0 Å². The minimum atomic E-state index is 0.772. The predicted octanol–water partition coefficient (Wildman–Crippen LogP) is 8.14. The summed E-state index contributed by atoms with van der Waals surface area (Å²) in [6.45, 7) is 0. The quantitative estimate of drug-likeness (QED) is 0.265. The summed E-state index contributed by atoms with van der Waals surface area (Å²) in [5, 5.41) is 0. The van der Waals surface area contributed by atoms with E-state index >= 15 is 0 Å². The maximum atomic E-state index is 6.09. The maximum absolute atomic E-state index is 6.09. The van der Waals surface area contributed by atoms with E-state index < -0.39 is 0 Å². The molecular weight excluding hydrogens is 384 g/mol. The minimum Gasteiger partial charge on any atom is -0.115 e. The molecule has 149 valence electrons. The van der Waals surface area contributed by atoms with Crippen LogP contribution in [0, 0.1) is 18.4 Å². The lowest BCUT2D eigenvalue weighted by Crippen LogP contribution is -1.98. The Morgan fingerprint density at radius 2 is 0.812 bits per heavy atom. The molecule has 0 spiro atoms. The van der Waals surface area contributed by atoms with Crippen molar-refractivity contribution in [3.8, 4) is 56.9 Å². The highest BCUT2D eigenvalue weighted by atomic mass is 14.2. The number of terminal acetylenes is 1. The standard InChI is InChI=1S/C32H21/c1-2-24-23-29(25-15-7-3-8-16-25)31(27-19-11-5-12-20-27)32(28-21-13-6-14-22-28)30(24)26-17-9-4-10-18-26/h1,3-22H. The van der Waals surface area contributed by atoms with E-state index in [4.69, 9.17) is 6.42 Å². The summed E-state index contributed by atoms with van der Waals surface area (Å²) in [6.07, 6.45) is 6.09. The van der Waals surface area contributed by atoms with Crippen LogP contribution in [0.1, 0.15) is 5.56 Å². The predicted molar refractivity (Wildman–Crippen MR) is 135 cm³/mol. The highest BCUT2D eigenvalue weighted by Gasteiger charge is 2.22. The third-order valence-electron chi connectivity index (χ3n) is 5.64. The highest BCUT2D eigenvalue weighted by Crippen LogP contribution is 2.46. The molecule has 32 heavy (non-hydrogen) atoms. The van der Waals surface area contributed by atoms with Crippen molar-refractivity contribution < 1.29 is 0 Å². The Labute approximate surface area is 189 Å². The van der Waals surface area contributed by atoms with Gasteiger partial charge in [-0.1, -0.05) is 127 Å². The Bertz CT molecular complexity index is 1380. The van der Waals surface area contributed by atoms with Crippen LogP contribution >= 0.6 is 0 Å². The van der Waals surface area contributed by atoms with Gasteiger partial charge in [0.15, 0.2) is 0 Å². The average molecular weight is 406 g/mol. The molecule has 0 aliphatic rings. The average Bonchev–Trinajstić information content (AvgIpc) is 2.89. The van der Waals surface area contributed by atoms with Crippen LogP contribution in [-0.2, 0) is 0 Å². The van der Waals surface area contributed by atoms with Crippen LogP contribution in [0.25, 0.3) is 44.5 Å². The fourth-order valence-electron chi connectivity index (χ4n) is 4.24. The lowest BCUT2D eigenvalue weighted by Gasteiger charge is -2.22. The smallest absolute Gasteiger partial charge is 0.0413 e. The van der Waals surface area contributed by atoms with Gasteiger partial charge in [-0.3, -0.25) is 0 Å². The first kappa shape index (κ1) is 19.6. The van der Waals surface area contributed by atoms with Crippen molar-refractivity contribution in [2.75, 3.05) is 0 Å². The van der Waals surface area contributed by atoms with E-state index in [9.17, 15) is 0 Å². The molecule has 5 rings (SSSR count). The molecule has 1 radical (unpaired) electrons. The van der Waals surface area contributed by atoms with Crippen molar-refractivity contribution in [3.63, 3.8) is 0 Å². The van der Waals surface area contributed by atoms with Crippen molar-refractivity contribution in [2.24, 2.45) is 0 Å². The lowest BCUT2D eigenvalue weighted by atomic mass is 9.80. The van der Waals surface area contributed by atoms with Gasteiger partial charge in [0.2, 0.25) is 0 Å². The summed E-state index contributed by atoms with van der Waals surface area (Å²) in [7, 11) is 0. The van der Waals surface area contributed by atoms with Gasteiger partial charge in [-0.05, 0) is 38.9 Å². The van der Waals surface area contributed by atoms with Crippen molar-refractivity contribution in [1.82, 2.24) is 0 Å². The van der Waals surface area contributed by atoms with E-state index in [0.29, 0.717) is 0 Å². The molecule has 0 nitrogen and oxygen atoms in total. The summed E-state index contributed by atoms with van der Waals surface area (Å²) < 4.78 is 0. The minimum absolute atomic E-state index is 0.772. The fourth-order valence-corrected chi connectivity index (χ4v) is 4.24. The first-order valence-electron chi connectivity index (χ1n) is 10.7. The van der Waals surface area contributed by atoms with Crippen LogP contribution < -0.4 is 0 Å². The first-order chi connectivity index (χ1) is 15.9. The Hall–Kier alpha value is -4.34. The molecule has 0 aliphatic carbocycles. The van der Waals surface area contributed by atoms with Crippen LogP contribution in [0.3, 0.4) is 0 Å². The molecule has 0 N–H and O–H groups in total. The zero-order valence-electron chi connectivity index (χ0n) is 17.6. The SMILES string of the molecule is C#Cc1[c]c(-c2ccccc2)c(-c2ccccc2)c(-c2ccccc2)c1-c1ccccc1. The van der Waals surface area contributed by atoms with E-state index in [0.717, 1.165) is 50.1 Å². The van der Waals surface area contributed by atoms with Gasteiger partial charge in [0, 0.05) is 17.2 Å². The Morgan fingerprint density at radius 1 is 0.438 bits per heavy atom. The number of hydrogen-bond donors (Lipinski definition) is 0. The van der Waals surface area contributed by atoms with Crippen LogP contribution in [0.15, 0.2) is 121 Å². The summed E-state index contributed by atoms with van der Waals surface area (Å²) in [5.74, 6) is 2.94. The Morgan fingerprint density at radius 3 is 1.25 bits per heavy atom. The molecule has 0 heterocycles. The van der Waals surface area contributed by atoms with E-state index in [2.05, 4.69) is 109 Å². The molecule has 0 saturated heterocycles. The van der Waals surface area contributed by atoms with Crippen LogP contribution in [0.5, 0.6) is 0 Å². The molecule has 0 amide bonds. The summed E-state index contributed by atoms with van der Waals surface area (Å²) >= 11 is 0. The Balaban J connectivity index is 1.99. The van der Waals surface area contributed by atoms with Gasteiger partial charge in [0.1, 0.15) is 0 Å². The van der Waals surface area contributed by atoms with Gasteiger partial charge < -0.3 is 0 Å². The van der Waals surface area contributed by atoms with Crippen LogP contribution in [-0.4, -0.2) is 0 Å². The number of benzene rings is 5. The number of rotatable bonds is 4. The summed E-state index contributed by atoms with van der Waals surface area (Å²) in [4.78, 5) is 0. The molecule has 0 unspecified atom stereocenters. The van der Waals surface area contributed by atoms with Crippen molar-refractivity contribution in [2.45, 2.75) is 0 Å². The van der Waals surface area contributed by atoms with Crippen molar-refractivity contribution >= 4 is 0 Å². The second kappa shape index (κ2) is 8.80. The summed E-state index contributed by atoms with van der Waals surface area (Å²) in [5.41, 5.74) is 9.56. The molecule has 0 saturated carbocycles. The maximum Gasteiger partial charge on any atom is 0.0413 e. The van der Waals surface area contributed by atoms with E-state index in [1.807, 2.05) is 24.3 Å². The van der Waals surface area contributed by atoms with Crippen LogP contribution in [0.2, 0.25) is 0 Å². The highest BCUT2D eigenvalue weighted by molar-refractivity contribution is 6.03. The topological polar surface area (TPSA) is 0 Å². The Kier molecular flexibility index (Phi) is 5.39. The van der Waals surface area contributed by atoms with Gasteiger partial charge in [0.25, 0.3) is 0 Å².